The second-order valence-corrected chi connectivity index (χ2v) is 5.44. The molecule has 3 aromatic rings. The number of nitrogens with zero attached hydrogens (tertiary/aromatic N) is 3. The number of halogens is 3. The number of hydrogen-bond donors (Lipinski definition) is 1. The van der Waals surface area contributed by atoms with Crippen molar-refractivity contribution in [2.75, 3.05) is 12.4 Å². The standard InChI is InChI=1S/C18H13F3N4O3/c1-27-16-7-11(6-15(25-16)12-8-22-10-23-9-12)17(26)24-13-2-4-14(5-3-13)28-18(19,20)21/h2-10H,1H3,(H,24,26). The number of amides is 1. The first-order valence-electron chi connectivity index (χ1n) is 7.83. The number of nitrogens with one attached hydrogen (secondary N) is 1. The lowest BCUT2D eigenvalue weighted by atomic mass is 10.1. The van der Waals surface area contributed by atoms with E-state index < -0.39 is 12.3 Å². The fraction of sp³-hybridized carbons (Fsp3) is 0.111. The lowest BCUT2D eigenvalue weighted by Gasteiger charge is -2.11. The molecule has 3 rings (SSSR count). The number of anilines is 1. The lowest BCUT2D eigenvalue weighted by molar-refractivity contribution is -0.274. The average Bonchev–Trinajstić information content (AvgIpc) is 2.68. The summed E-state index contributed by atoms with van der Waals surface area (Å²) in [5.41, 5.74) is 1.55. The van der Waals surface area contributed by atoms with Gasteiger partial charge in [-0.15, -0.1) is 13.2 Å². The molecule has 0 spiro atoms. The van der Waals surface area contributed by atoms with Crippen LogP contribution in [0.4, 0.5) is 18.9 Å². The maximum Gasteiger partial charge on any atom is 0.573 e. The van der Waals surface area contributed by atoms with Crippen molar-refractivity contribution in [1.82, 2.24) is 15.0 Å². The number of aromatic nitrogens is 3. The van der Waals surface area contributed by atoms with Gasteiger partial charge in [0.15, 0.2) is 0 Å². The summed E-state index contributed by atoms with van der Waals surface area (Å²) in [5.74, 6) is -0.675. The number of methoxy groups -OCH3 is 1. The van der Waals surface area contributed by atoms with Crippen LogP contribution >= 0.6 is 0 Å². The SMILES string of the molecule is COc1cc(C(=O)Nc2ccc(OC(F)(F)F)cc2)cc(-c2cncnc2)n1. The van der Waals surface area contributed by atoms with Crippen LogP contribution in [-0.2, 0) is 0 Å². The van der Waals surface area contributed by atoms with Crippen LogP contribution in [0.2, 0.25) is 0 Å². The van der Waals surface area contributed by atoms with Crippen molar-refractivity contribution < 1.29 is 27.4 Å². The van der Waals surface area contributed by atoms with Gasteiger partial charge in [-0.3, -0.25) is 4.79 Å². The number of ether oxygens (including phenoxy) is 2. The van der Waals surface area contributed by atoms with E-state index in [2.05, 4.69) is 25.0 Å². The number of carbonyl (C=O) groups excluding carboxylic acids is 1. The molecule has 0 saturated carbocycles. The third kappa shape index (κ3) is 4.93. The molecule has 0 unspecified atom stereocenters. The molecule has 28 heavy (non-hydrogen) atoms. The van der Waals surface area contributed by atoms with E-state index >= 15 is 0 Å². The Hall–Kier alpha value is -3.69. The van der Waals surface area contributed by atoms with Crippen molar-refractivity contribution in [3.05, 3.63) is 60.7 Å². The zero-order valence-electron chi connectivity index (χ0n) is 14.4. The molecule has 0 saturated heterocycles. The third-order valence-corrected chi connectivity index (χ3v) is 3.48. The average molecular weight is 390 g/mol. The molecule has 10 heteroatoms. The predicted octanol–water partition coefficient (Wildman–Crippen LogP) is 3.70. The van der Waals surface area contributed by atoms with Gasteiger partial charge >= 0.3 is 6.36 Å². The molecule has 1 amide bonds. The highest BCUT2D eigenvalue weighted by Gasteiger charge is 2.31. The molecule has 0 atom stereocenters. The first-order valence-corrected chi connectivity index (χ1v) is 7.83. The van der Waals surface area contributed by atoms with E-state index in [0.29, 0.717) is 16.9 Å². The predicted molar refractivity (Wildman–Crippen MR) is 92.9 cm³/mol. The number of rotatable bonds is 5. The van der Waals surface area contributed by atoms with Gasteiger partial charge in [-0.2, -0.15) is 0 Å². The lowest BCUT2D eigenvalue weighted by Crippen LogP contribution is -2.17. The number of carbonyl (C=O) groups is 1. The Kier molecular flexibility index (Phi) is 5.39. The quantitative estimate of drug-likeness (QED) is 0.715. The monoisotopic (exact) mass is 390 g/mol. The molecule has 0 bridgehead atoms. The minimum atomic E-state index is -4.78. The van der Waals surface area contributed by atoms with E-state index in [1.165, 1.54) is 50.1 Å². The summed E-state index contributed by atoms with van der Waals surface area (Å²) in [6, 6.07) is 7.75. The molecule has 144 valence electrons. The van der Waals surface area contributed by atoms with Crippen LogP contribution in [0.1, 0.15) is 10.4 Å². The molecule has 1 aromatic carbocycles. The van der Waals surface area contributed by atoms with Crippen molar-refractivity contribution >= 4 is 11.6 Å². The van der Waals surface area contributed by atoms with Gasteiger partial charge in [0, 0.05) is 35.3 Å². The molecule has 1 N–H and O–H groups in total. The van der Waals surface area contributed by atoms with Crippen LogP contribution in [-0.4, -0.2) is 34.3 Å². The third-order valence-electron chi connectivity index (χ3n) is 3.48. The number of benzene rings is 1. The van der Waals surface area contributed by atoms with Crippen molar-refractivity contribution in [2.45, 2.75) is 6.36 Å². The molecule has 7 nitrogen and oxygen atoms in total. The Bertz CT molecular complexity index is 964. The first-order chi connectivity index (χ1) is 13.3. The highest BCUT2D eigenvalue weighted by atomic mass is 19.4. The second-order valence-electron chi connectivity index (χ2n) is 5.44. The molecule has 2 heterocycles. The Morgan fingerprint density at radius 2 is 1.75 bits per heavy atom. The van der Waals surface area contributed by atoms with Gasteiger partial charge in [-0.25, -0.2) is 15.0 Å². The summed E-state index contributed by atoms with van der Waals surface area (Å²) in [4.78, 5) is 24.6. The summed E-state index contributed by atoms with van der Waals surface area (Å²) in [5, 5.41) is 2.59. The van der Waals surface area contributed by atoms with Crippen molar-refractivity contribution in [3.8, 4) is 22.9 Å². The maximum absolute atomic E-state index is 12.5. The van der Waals surface area contributed by atoms with E-state index in [4.69, 9.17) is 4.74 Å². The Balaban J connectivity index is 1.80. The van der Waals surface area contributed by atoms with Crippen molar-refractivity contribution in [3.63, 3.8) is 0 Å². The van der Waals surface area contributed by atoms with Crippen LogP contribution in [0.25, 0.3) is 11.3 Å². The number of pyridine rings is 1. The van der Waals surface area contributed by atoms with E-state index in [1.807, 2.05) is 0 Å². The number of alkyl halides is 3. The Labute approximate surface area is 157 Å². The van der Waals surface area contributed by atoms with Gasteiger partial charge in [0.1, 0.15) is 12.1 Å². The van der Waals surface area contributed by atoms with Gasteiger partial charge in [0.05, 0.1) is 12.8 Å². The van der Waals surface area contributed by atoms with E-state index in [-0.39, 0.29) is 17.2 Å². The van der Waals surface area contributed by atoms with Crippen LogP contribution in [0.5, 0.6) is 11.6 Å². The summed E-state index contributed by atoms with van der Waals surface area (Å²) >= 11 is 0. The molecule has 0 radical (unpaired) electrons. The van der Waals surface area contributed by atoms with E-state index in [0.717, 1.165) is 12.1 Å². The van der Waals surface area contributed by atoms with Crippen LogP contribution in [0.3, 0.4) is 0 Å². The highest BCUT2D eigenvalue weighted by Crippen LogP contribution is 2.25. The van der Waals surface area contributed by atoms with Crippen LogP contribution in [0.15, 0.2) is 55.1 Å². The second kappa shape index (κ2) is 7.91. The molecular weight excluding hydrogens is 377 g/mol. The van der Waals surface area contributed by atoms with Gasteiger partial charge < -0.3 is 14.8 Å². The Morgan fingerprint density at radius 3 is 2.36 bits per heavy atom. The van der Waals surface area contributed by atoms with Crippen LogP contribution < -0.4 is 14.8 Å². The fourth-order valence-electron chi connectivity index (χ4n) is 2.26. The normalized spacial score (nSPS) is 11.0. The van der Waals surface area contributed by atoms with Crippen LogP contribution in [0, 0.1) is 0 Å². The zero-order chi connectivity index (χ0) is 20.1. The summed E-state index contributed by atoms with van der Waals surface area (Å²) in [6.07, 6.45) is -0.342. The fourth-order valence-corrected chi connectivity index (χ4v) is 2.26. The van der Waals surface area contributed by atoms with Gasteiger partial charge in [-0.1, -0.05) is 0 Å². The minimum Gasteiger partial charge on any atom is -0.481 e. The minimum absolute atomic E-state index is 0.209. The van der Waals surface area contributed by atoms with Gasteiger partial charge in [0.25, 0.3) is 5.91 Å². The Morgan fingerprint density at radius 1 is 1.07 bits per heavy atom. The maximum atomic E-state index is 12.5. The van der Waals surface area contributed by atoms with Gasteiger partial charge in [-0.05, 0) is 30.3 Å². The summed E-state index contributed by atoms with van der Waals surface area (Å²) in [6.45, 7) is 0. The first kappa shape index (κ1) is 19.1. The largest absolute Gasteiger partial charge is 0.573 e. The molecule has 0 aliphatic rings. The van der Waals surface area contributed by atoms with E-state index in [9.17, 15) is 18.0 Å². The molecule has 0 aliphatic heterocycles. The zero-order valence-corrected chi connectivity index (χ0v) is 14.4. The molecule has 0 fully saturated rings. The number of hydrogen-bond acceptors (Lipinski definition) is 6. The smallest absolute Gasteiger partial charge is 0.481 e. The van der Waals surface area contributed by atoms with Crippen molar-refractivity contribution in [2.24, 2.45) is 0 Å². The topological polar surface area (TPSA) is 86.2 Å². The van der Waals surface area contributed by atoms with Gasteiger partial charge in [0.2, 0.25) is 5.88 Å². The van der Waals surface area contributed by atoms with E-state index in [1.54, 1.807) is 0 Å². The molecule has 2 aromatic heterocycles. The highest BCUT2D eigenvalue weighted by molar-refractivity contribution is 6.05. The summed E-state index contributed by atoms with van der Waals surface area (Å²) in [7, 11) is 1.41. The molecule has 0 aliphatic carbocycles. The molecular formula is C18H13F3N4O3. The summed E-state index contributed by atoms with van der Waals surface area (Å²) < 4.78 is 45.5. The van der Waals surface area contributed by atoms with Crippen molar-refractivity contribution in [1.29, 1.82) is 0 Å².